The van der Waals surface area contributed by atoms with Crippen LogP contribution in [0.15, 0.2) is 52.4 Å². The van der Waals surface area contributed by atoms with Crippen LogP contribution in [0.5, 0.6) is 5.75 Å². The zero-order chi connectivity index (χ0) is 22.7. The van der Waals surface area contributed by atoms with Gasteiger partial charge in [-0.25, -0.2) is 4.99 Å². The van der Waals surface area contributed by atoms with Crippen LogP contribution in [0.3, 0.4) is 0 Å². The molecule has 0 radical (unpaired) electrons. The van der Waals surface area contributed by atoms with E-state index in [1.807, 2.05) is 19.1 Å². The molecule has 0 fully saturated rings. The van der Waals surface area contributed by atoms with Gasteiger partial charge >= 0.3 is 6.18 Å². The molecular formula is C22H29F3N4O2. The molecule has 0 spiro atoms. The third-order valence-electron chi connectivity index (χ3n) is 4.38. The lowest BCUT2D eigenvalue weighted by molar-refractivity contribution is -0.153. The van der Waals surface area contributed by atoms with Crippen molar-refractivity contribution in [2.45, 2.75) is 46.0 Å². The molecule has 2 rings (SSSR count). The van der Waals surface area contributed by atoms with Gasteiger partial charge in [-0.2, -0.15) is 13.2 Å². The van der Waals surface area contributed by atoms with Crippen LogP contribution in [0.1, 0.15) is 30.9 Å². The summed E-state index contributed by atoms with van der Waals surface area (Å²) >= 11 is 0. The van der Waals surface area contributed by atoms with E-state index in [0.29, 0.717) is 31.2 Å². The summed E-state index contributed by atoms with van der Waals surface area (Å²) in [6.07, 6.45) is -0.979. The van der Waals surface area contributed by atoms with Gasteiger partial charge in [0, 0.05) is 37.5 Å². The van der Waals surface area contributed by atoms with Crippen LogP contribution >= 0.6 is 0 Å². The Labute approximate surface area is 180 Å². The molecule has 1 aromatic carbocycles. The fourth-order valence-corrected chi connectivity index (χ4v) is 2.85. The van der Waals surface area contributed by atoms with Gasteiger partial charge in [0.05, 0.1) is 6.54 Å². The van der Waals surface area contributed by atoms with Crippen molar-refractivity contribution >= 4 is 5.96 Å². The van der Waals surface area contributed by atoms with E-state index in [1.165, 1.54) is 6.07 Å². The highest BCUT2D eigenvalue weighted by atomic mass is 19.4. The molecule has 2 aromatic rings. The number of nitrogens with zero attached hydrogens (tertiary/aromatic N) is 2. The number of halogens is 3. The maximum atomic E-state index is 12.5. The second kappa shape index (κ2) is 12.0. The van der Waals surface area contributed by atoms with Gasteiger partial charge in [-0.05, 0) is 44.4 Å². The maximum absolute atomic E-state index is 12.5. The van der Waals surface area contributed by atoms with Crippen LogP contribution in [0.4, 0.5) is 13.2 Å². The molecule has 0 saturated carbocycles. The first-order valence-corrected chi connectivity index (χ1v) is 10.2. The third-order valence-corrected chi connectivity index (χ3v) is 4.38. The summed E-state index contributed by atoms with van der Waals surface area (Å²) in [4.78, 5) is 16.2. The first kappa shape index (κ1) is 24.3. The number of hydrogen-bond donors (Lipinski definition) is 2. The molecule has 1 aromatic heterocycles. The van der Waals surface area contributed by atoms with Gasteiger partial charge in [0.25, 0.3) is 0 Å². The average Bonchev–Trinajstić information content (AvgIpc) is 2.71. The van der Waals surface area contributed by atoms with Crippen molar-refractivity contribution in [3.05, 3.63) is 64.1 Å². The number of aryl methyl sites for hydroxylation is 2. The van der Waals surface area contributed by atoms with Gasteiger partial charge in [-0.15, -0.1) is 0 Å². The Balaban J connectivity index is 1.90. The zero-order valence-corrected chi connectivity index (χ0v) is 17.8. The van der Waals surface area contributed by atoms with Crippen LogP contribution in [-0.2, 0) is 13.1 Å². The highest BCUT2D eigenvalue weighted by molar-refractivity contribution is 5.79. The number of hydrogen-bond acceptors (Lipinski definition) is 3. The van der Waals surface area contributed by atoms with Crippen molar-refractivity contribution in [3.63, 3.8) is 0 Å². The fourth-order valence-electron chi connectivity index (χ4n) is 2.85. The number of rotatable bonds is 10. The first-order chi connectivity index (χ1) is 14.8. The average molecular weight is 438 g/mol. The second-order valence-corrected chi connectivity index (χ2v) is 7.08. The van der Waals surface area contributed by atoms with E-state index in [1.54, 1.807) is 35.9 Å². The lowest BCUT2D eigenvalue weighted by atomic mass is 10.1. The van der Waals surface area contributed by atoms with Gasteiger partial charge < -0.3 is 19.9 Å². The Bertz CT molecular complexity index is 910. The third kappa shape index (κ3) is 9.15. The van der Waals surface area contributed by atoms with E-state index < -0.39 is 12.8 Å². The molecule has 0 unspecified atom stereocenters. The minimum absolute atomic E-state index is 0.0213. The Morgan fingerprint density at radius 1 is 1.16 bits per heavy atom. The summed E-state index contributed by atoms with van der Waals surface area (Å²) < 4.78 is 44.2. The van der Waals surface area contributed by atoms with E-state index in [4.69, 9.17) is 4.74 Å². The fraction of sp³-hybridized carbons (Fsp3) is 0.455. The summed E-state index contributed by atoms with van der Waals surface area (Å²) in [5.41, 5.74) is 1.37. The van der Waals surface area contributed by atoms with E-state index in [-0.39, 0.29) is 17.9 Å². The lowest BCUT2D eigenvalue weighted by Gasteiger charge is -2.14. The molecule has 31 heavy (non-hydrogen) atoms. The van der Waals surface area contributed by atoms with Crippen molar-refractivity contribution in [3.8, 4) is 5.75 Å². The van der Waals surface area contributed by atoms with Crippen LogP contribution < -0.4 is 20.9 Å². The predicted molar refractivity (Wildman–Crippen MR) is 115 cm³/mol. The second-order valence-electron chi connectivity index (χ2n) is 7.08. The van der Waals surface area contributed by atoms with E-state index >= 15 is 0 Å². The van der Waals surface area contributed by atoms with E-state index in [2.05, 4.69) is 15.6 Å². The first-order valence-electron chi connectivity index (χ1n) is 10.2. The minimum Gasteiger partial charge on any atom is -0.484 e. The molecule has 0 aliphatic heterocycles. The highest BCUT2D eigenvalue weighted by Gasteiger charge is 2.28. The monoisotopic (exact) mass is 438 g/mol. The molecule has 0 amide bonds. The summed E-state index contributed by atoms with van der Waals surface area (Å²) in [6.45, 7) is 4.51. The number of benzene rings is 1. The molecule has 0 aliphatic carbocycles. The van der Waals surface area contributed by atoms with Gasteiger partial charge in [0.15, 0.2) is 12.6 Å². The van der Waals surface area contributed by atoms with Gasteiger partial charge in [-0.3, -0.25) is 4.79 Å². The quantitative estimate of drug-likeness (QED) is 0.338. The maximum Gasteiger partial charge on any atom is 0.422 e. The SMILES string of the molecule is CCNC(=NCc1ccc(C)cc1OCC(F)(F)F)NCCCCn1ccccc1=O. The summed E-state index contributed by atoms with van der Waals surface area (Å²) in [5.74, 6) is 0.756. The molecule has 9 heteroatoms. The largest absolute Gasteiger partial charge is 0.484 e. The summed E-state index contributed by atoms with van der Waals surface area (Å²) in [5, 5.41) is 6.33. The Hall–Kier alpha value is -2.97. The Morgan fingerprint density at radius 3 is 2.68 bits per heavy atom. The van der Waals surface area contributed by atoms with Crippen molar-refractivity contribution < 1.29 is 17.9 Å². The van der Waals surface area contributed by atoms with Crippen LogP contribution in [0, 0.1) is 6.92 Å². The smallest absolute Gasteiger partial charge is 0.422 e. The molecule has 2 N–H and O–H groups in total. The van der Waals surface area contributed by atoms with Gasteiger partial charge in [-0.1, -0.05) is 18.2 Å². The van der Waals surface area contributed by atoms with Crippen LogP contribution in [-0.4, -0.2) is 36.4 Å². The molecule has 0 atom stereocenters. The molecule has 1 heterocycles. The number of aromatic nitrogens is 1. The molecular weight excluding hydrogens is 409 g/mol. The molecule has 0 saturated heterocycles. The molecule has 0 aliphatic rings. The highest BCUT2D eigenvalue weighted by Crippen LogP contribution is 2.24. The van der Waals surface area contributed by atoms with E-state index in [0.717, 1.165) is 18.4 Å². The number of alkyl halides is 3. The number of pyridine rings is 1. The summed E-state index contributed by atoms with van der Waals surface area (Å²) in [6, 6.07) is 10.2. The topological polar surface area (TPSA) is 67.7 Å². The number of ether oxygens (including phenoxy) is 1. The van der Waals surface area contributed by atoms with Crippen molar-refractivity contribution in [2.75, 3.05) is 19.7 Å². The predicted octanol–water partition coefficient (Wildman–Crippen LogP) is 3.63. The molecule has 0 bridgehead atoms. The van der Waals surface area contributed by atoms with E-state index in [9.17, 15) is 18.0 Å². The molecule has 6 nitrogen and oxygen atoms in total. The molecule has 170 valence electrons. The number of aliphatic imine (C=N–C) groups is 1. The normalized spacial score (nSPS) is 12.0. The van der Waals surface area contributed by atoms with Crippen molar-refractivity contribution in [2.24, 2.45) is 4.99 Å². The van der Waals surface area contributed by atoms with Gasteiger partial charge in [0.1, 0.15) is 5.75 Å². The number of guanidine groups is 1. The van der Waals surface area contributed by atoms with Crippen LogP contribution in [0.2, 0.25) is 0 Å². The zero-order valence-electron chi connectivity index (χ0n) is 17.8. The van der Waals surface area contributed by atoms with Gasteiger partial charge in [0.2, 0.25) is 5.56 Å². The number of unbranched alkanes of at least 4 members (excludes halogenated alkanes) is 1. The minimum atomic E-state index is -4.40. The standard InChI is InChI=1S/C22H29F3N4O2/c1-3-26-21(27-11-5-7-13-29-12-6-4-8-20(29)30)28-15-18-10-9-17(2)14-19(18)31-16-22(23,24)25/h4,6,8-10,12,14H,3,5,7,11,13,15-16H2,1-2H3,(H2,26,27,28). The summed E-state index contributed by atoms with van der Waals surface area (Å²) in [7, 11) is 0. The number of nitrogens with one attached hydrogen (secondary N) is 2. The van der Waals surface area contributed by atoms with Crippen molar-refractivity contribution in [1.82, 2.24) is 15.2 Å². The lowest BCUT2D eigenvalue weighted by Crippen LogP contribution is -2.37. The Morgan fingerprint density at radius 2 is 1.97 bits per heavy atom. The van der Waals surface area contributed by atoms with Crippen LogP contribution in [0.25, 0.3) is 0 Å². The Kier molecular flexibility index (Phi) is 9.42. The van der Waals surface area contributed by atoms with Crippen molar-refractivity contribution in [1.29, 1.82) is 0 Å².